The standard InChI is InChI=1S/C15H17N3/c1-11-10-14(12-6-3-2-4-7-12)18-15(17-11)13-8-5-9-16-13/h2-4,6-7,10,13,16H,5,8-9H2,1H3. The zero-order valence-electron chi connectivity index (χ0n) is 10.6. The number of benzene rings is 1. The van der Waals surface area contributed by atoms with Gasteiger partial charge < -0.3 is 5.32 Å². The van der Waals surface area contributed by atoms with E-state index in [1.54, 1.807) is 0 Å². The Hall–Kier alpha value is -1.74. The Morgan fingerprint density at radius 2 is 2.00 bits per heavy atom. The predicted molar refractivity (Wildman–Crippen MR) is 72.2 cm³/mol. The van der Waals surface area contributed by atoms with Crippen LogP contribution in [0.5, 0.6) is 0 Å². The summed E-state index contributed by atoms with van der Waals surface area (Å²) < 4.78 is 0. The molecule has 0 saturated carbocycles. The summed E-state index contributed by atoms with van der Waals surface area (Å²) in [4.78, 5) is 9.28. The topological polar surface area (TPSA) is 37.8 Å². The number of hydrogen-bond donors (Lipinski definition) is 1. The van der Waals surface area contributed by atoms with Gasteiger partial charge in [-0.3, -0.25) is 0 Å². The van der Waals surface area contributed by atoms with E-state index in [9.17, 15) is 0 Å². The lowest BCUT2D eigenvalue weighted by Gasteiger charge is -2.11. The molecule has 1 aromatic carbocycles. The van der Waals surface area contributed by atoms with Crippen molar-refractivity contribution in [3.05, 3.63) is 47.9 Å². The van der Waals surface area contributed by atoms with Crippen molar-refractivity contribution in [2.24, 2.45) is 0 Å². The van der Waals surface area contributed by atoms with Crippen LogP contribution in [0.25, 0.3) is 11.3 Å². The average molecular weight is 239 g/mol. The molecule has 18 heavy (non-hydrogen) atoms. The fraction of sp³-hybridized carbons (Fsp3) is 0.333. The van der Waals surface area contributed by atoms with E-state index in [0.717, 1.165) is 35.7 Å². The number of aryl methyl sites for hydroxylation is 1. The van der Waals surface area contributed by atoms with Crippen molar-refractivity contribution in [3.8, 4) is 11.3 Å². The van der Waals surface area contributed by atoms with E-state index in [2.05, 4.69) is 22.4 Å². The highest BCUT2D eigenvalue weighted by atomic mass is 15.0. The Morgan fingerprint density at radius 3 is 2.72 bits per heavy atom. The van der Waals surface area contributed by atoms with Gasteiger partial charge in [-0.2, -0.15) is 0 Å². The molecule has 92 valence electrons. The molecule has 2 heterocycles. The summed E-state index contributed by atoms with van der Waals surface area (Å²) in [6.07, 6.45) is 2.35. The van der Waals surface area contributed by atoms with Gasteiger partial charge in [0, 0.05) is 11.3 Å². The first-order chi connectivity index (χ1) is 8.83. The number of nitrogens with one attached hydrogen (secondary N) is 1. The van der Waals surface area contributed by atoms with Crippen LogP contribution in [0.4, 0.5) is 0 Å². The molecule has 1 atom stereocenters. The van der Waals surface area contributed by atoms with E-state index in [1.165, 1.54) is 6.42 Å². The number of rotatable bonds is 2. The molecule has 0 spiro atoms. The maximum absolute atomic E-state index is 4.71. The Morgan fingerprint density at radius 1 is 1.17 bits per heavy atom. The fourth-order valence-electron chi connectivity index (χ4n) is 2.41. The lowest BCUT2D eigenvalue weighted by Crippen LogP contribution is -2.16. The largest absolute Gasteiger partial charge is 0.307 e. The molecular formula is C15H17N3. The van der Waals surface area contributed by atoms with E-state index in [1.807, 2.05) is 31.2 Å². The Kier molecular flexibility index (Phi) is 3.07. The van der Waals surface area contributed by atoms with Crippen LogP contribution in [0.15, 0.2) is 36.4 Å². The molecule has 1 fully saturated rings. The van der Waals surface area contributed by atoms with Crippen molar-refractivity contribution in [2.45, 2.75) is 25.8 Å². The average Bonchev–Trinajstić information content (AvgIpc) is 2.93. The zero-order chi connectivity index (χ0) is 12.4. The van der Waals surface area contributed by atoms with Gasteiger partial charge in [-0.1, -0.05) is 30.3 Å². The molecule has 1 N–H and O–H groups in total. The predicted octanol–water partition coefficient (Wildman–Crippen LogP) is 2.88. The molecule has 0 aliphatic carbocycles. The first kappa shape index (κ1) is 11.4. The van der Waals surface area contributed by atoms with Crippen molar-refractivity contribution < 1.29 is 0 Å². The maximum atomic E-state index is 4.71. The SMILES string of the molecule is Cc1cc(-c2ccccc2)nc(C2CCCN2)n1. The third kappa shape index (κ3) is 2.27. The van der Waals surface area contributed by atoms with E-state index in [4.69, 9.17) is 4.98 Å². The van der Waals surface area contributed by atoms with E-state index < -0.39 is 0 Å². The molecule has 3 rings (SSSR count). The minimum absolute atomic E-state index is 0.326. The fourth-order valence-corrected chi connectivity index (χ4v) is 2.41. The first-order valence-electron chi connectivity index (χ1n) is 6.47. The monoisotopic (exact) mass is 239 g/mol. The molecule has 2 aromatic rings. The van der Waals surface area contributed by atoms with Crippen LogP contribution < -0.4 is 5.32 Å². The van der Waals surface area contributed by atoms with E-state index in [0.29, 0.717) is 6.04 Å². The molecule has 1 aromatic heterocycles. The van der Waals surface area contributed by atoms with Gasteiger partial charge in [-0.05, 0) is 32.4 Å². The second-order valence-corrected chi connectivity index (χ2v) is 4.77. The molecule has 0 radical (unpaired) electrons. The summed E-state index contributed by atoms with van der Waals surface area (Å²) in [5, 5.41) is 3.45. The molecular weight excluding hydrogens is 222 g/mol. The zero-order valence-corrected chi connectivity index (χ0v) is 10.6. The summed E-state index contributed by atoms with van der Waals surface area (Å²) in [7, 11) is 0. The second-order valence-electron chi connectivity index (χ2n) is 4.77. The summed E-state index contributed by atoms with van der Waals surface area (Å²) in [6.45, 7) is 3.11. The van der Waals surface area contributed by atoms with Crippen LogP contribution in [0.1, 0.15) is 30.4 Å². The minimum Gasteiger partial charge on any atom is -0.307 e. The number of nitrogens with zero attached hydrogens (tertiary/aromatic N) is 2. The van der Waals surface area contributed by atoms with E-state index >= 15 is 0 Å². The van der Waals surface area contributed by atoms with Crippen LogP contribution >= 0.6 is 0 Å². The summed E-state index contributed by atoms with van der Waals surface area (Å²) >= 11 is 0. The highest BCUT2D eigenvalue weighted by Crippen LogP contribution is 2.23. The number of aromatic nitrogens is 2. The highest BCUT2D eigenvalue weighted by molar-refractivity contribution is 5.59. The summed E-state index contributed by atoms with van der Waals surface area (Å²) in [5.41, 5.74) is 3.21. The van der Waals surface area contributed by atoms with Crippen molar-refractivity contribution >= 4 is 0 Å². The third-order valence-corrected chi connectivity index (χ3v) is 3.31. The van der Waals surface area contributed by atoms with Gasteiger partial charge in [-0.25, -0.2) is 9.97 Å². The van der Waals surface area contributed by atoms with Crippen LogP contribution in [-0.2, 0) is 0 Å². The summed E-state index contributed by atoms with van der Waals surface area (Å²) in [6, 6.07) is 12.7. The molecule has 0 bridgehead atoms. The van der Waals surface area contributed by atoms with Crippen molar-refractivity contribution in [2.75, 3.05) is 6.54 Å². The van der Waals surface area contributed by atoms with Gasteiger partial charge >= 0.3 is 0 Å². The normalized spacial score (nSPS) is 19.1. The van der Waals surface area contributed by atoms with Crippen molar-refractivity contribution in [3.63, 3.8) is 0 Å². The third-order valence-electron chi connectivity index (χ3n) is 3.31. The van der Waals surface area contributed by atoms with E-state index in [-0.39, 0.29) is 0 Å². The lowest BCUT2D eigenvalue weighted by molar-refractivity contribution is 0.603. The van der Waals surface area contributed by atoms with Crippen LogP contribution in [0, 0.1) is 6.92 Å². The smallest absolute Gasteiger partial charge is 0.146 e. The highest BCUT2D eigenvalue weighted by Gasteiger charge is 2.19. The molecule has 1 saturated heterocycles. The van der Waals surface area contributed by atoms with Crippen molar-refractivity contribution in [1.29, 1.82) is 0 Å². The Balaban J connectivity index is 2.00. The molecule has 1 unspecified atom stereocenters. The number of hydrogen-bond acceptors (Lipinski definition) is 3. The quantitative estimate of drug-likeness (QED) is 0.875. The van der Waals surface area contributed by atoms with Gasteiger partial charge in [0.2, 0.25) is 0 Å². The van der Waals surface area contributed by atoms with Gasteiger partial charge in [0.25, 0.3) is 0 Å². The van der Waals surface area contributed by atoms with Crippen LogP contribution in [0.2, 0.25) is 0 Å². The van der Waals surface area contributed by atoms with Crippen LogP contribution in [-0.4, -0.2) is 16.5 Å². The van der Waals surface area contributed by atoms with Gasteiger partial charge in [-0.15, -0.1) is 0 Å². The maximum Gasteiger partial charge on any atom is 0.146 e. The Labute approximate surface area is 107 Å². The van der Waals surface area contributed by atoms with Crippen molar-refractivity contribution in [1.82, 2.24) is 15.3 Å². The first-order valence-corrected chi connectivity index (χ1v) is 6.47. The van der Waals surface area contributed by atoms with Gasteiger partial charge in [0.05, 0.1) is 11.7 Å². The van der Waals surface area contributed by atoms with Crippen LogP contribution in [0.3, 0.4) is 0 Å². The molecule has 0 amide bonds. The minimum atomic E-state index is 0.326. The Bertz CT molecular complexity index is 531. The van der Waals surface area contributed by atoms with Gasteiger partial charge in [0.1, 0.15) is 5.82 Å². The summed E-state index contributed by atoms with van der Waals surface area (Å²) in [5.74, 6) is 0.936. The molecule has 3 nitrogen and oxygen atoms in total. The molecule has 3 heteroatoms. The molecule has 1 aliphatic heterocycles. The van der Waals surface area contributed by atoms with Gasteiger partial charge in [0.15, 0.2) is 0 Å². The lowest BCUT2D eigenvalue weighted by atomic mass is 10.1. The molecule has 1 aliphatic rings. The second kappa shape index (κ2) is 4.86.